The molecule has 2 aromatic carbocycles. The van der Waals surface area contributed by atoms with Gasteiger partial charge in [-0.1, -0.05) is 59.1 Å². The third kappa shape index (κ3) is 7.89. The van der Waals surface area contributed by atoms with Gasteiger partial charge in [0, 0.05) is 35.5 Å². The summed E-state index contributed by atoms with van der Waals surface area (Å²) in [4.78, 5) is 35.5. The highest BCUT2D eigenvalue weighted by molar-refractivity contribution is 6.37. The highest BCUT2D eigenvalue weighted by Gasteiger charge is 2.22. The maximum Gasteiger partial charge on any atom is 0.276 e. The first-order valence-corrected chi connectivity index (χ1v) is 15.7. The summed E-state index contributed by atoms with van der Waals surface area (Å²) in [5.41, 5.74) is 4.51. The Kier molecular flexibility index (Phi) is 12.2. The first-order valence-electron chi connectivity index (χ1n) is 14.6. The summed E-state index contributed by atoms with van der Waals surface area (Å²) in [5.74, 6) is -0.386. The highest BCUT2D eigenvalue weighted by atomic mass is 35.5. The van der Waals surface area contributed by atoms with E-state index in [1.165, 1.54) is 0 Å². The molecule has 0 aliphatic rings. The number of ether oxygens (including phenoxy) is 2. The van der Waals surface area contributed by atoms with Crippen molar-refractivity contribution >= 4 is 58.0 Å². The molecule has 0 atom stereocenters. The first-order chi connectivity index (χ1) is 22.1. The monoisotopic (exact) mass is 684 g/mol. The Morgan fingerprint density at radius 2 is 1.17 bits per heavy atom. The summed E-state index contributed by atoms with van der Waals surface area (Å²) in [6, 6.07) is 14.0. The van der Waals surface area contributed by atoms with Crippen LogP contribution in [0.25, 0.3) is 11.1 Å². The molecule has 0 aliphatic heterocycles. The van der Waals surface area contributed by atoms with E-state index >= 15 is 0 Å². The molecule has 242 valence electrons. The lowest BCUT2D eigenvalue weighted by molar-refractivity contribution is 0.101. The molecule has 0 aliphatic carbocycles. The van der Waals surface area contributed by atoms with Crippen LogP contribution in [0.2, 0.25) is 15.1 Å². The summed E-state index contributed by atoms with van der Waals surface area (Å²) in [6.07, 6.45) is 0. The molecule has 0 saturated carbocycles. The minimum Gasteiger partial charge on any atom is -0.478 e. The molecule has 4 N–H and O–H groups in total. The van der Waals surface area contributed by atoms with Crippen LogP contribution < -0.4 is 30.7 Å². The van der Waals surface area contributed by atoms with E-state index in [0.717, 1.165) is 22.3 Å². The molecular formula is C33H35Cl3N6O4. The van der Waals surface area contributed by atoms with Crippen molar-refractivity contribution in [2.45, 2.75) is 33.9 Å². The molecular weight excluding hydrogens is 651 g/mol. The zero-order valence-corrected chi connectivity index (χ0v) is 28.4. The van der Waals surface area contributed by atoms with Crippen molar-refractivity contribution in [2.24, 2.45) is 0 Å². The largest absolute Gasteiger partial charge is 0.478 e. The molecule has 4 aromatic rings. The van der Waals surface area contributed by atoms with Gasteiger partial charge in [0.25, 0.3) is 11.8 Å². The summed E-state index contributed by atoms with van der Waals surface area (Å²) in [5, 5.41) is 12.5. The third-order valence-corrected chi connectivity index (χ3v) is 7.86. The summed E-state index contributed by atoms with van der Waals surface area (Å²) < 4.78 is 11.3. The SMILES string of the molecule is CCOc1nc(C(=O)Nc2cccc(-c3cccc(NC(=O)c4nc(OCC)c(CNC)cc4Cl)c3Cl)c2C)c(Cl)cc1CNC. The van der Waals surface area contributed by atoms with Crippen LogP contribution in [0.1, 0.15) is 51.5 Å². The fraction of sp³-hybridized carbons (Fsp3) is 0.273. The molecule has 0 bridgehead atoms. The number of benzene rings is 2. The van der Waals surface area contributed by atoms with Gasteiger partial charge in [0.1, 0.15) is 0 Å². The Hall–Kier alpha value is -3.93. The number of carbonyl (C=O) groups excluding carboxylic acids is 2. The second-order valence-corrected chi connectivity index (χ2v) is 11.2. The second-order valence-electron chi connectivity index (χ2n) is 10.0. The van der Waals surface area contributed by atoms with Crippen molar-refractivity contribution in [3.63, 3.8) is 0 Å². The van der Waals surface area contributed by atoms with Crippen molar-refractivity contribution < 1.29 is 19.1 Å². The Labute approximate surface area is 283 Å². The molecule has 0 unspecified atom stereocenters. The molecule has 46 heavy (non-hydrogen) atoms. The van der Waals surface area contributed by atoms with Gasteiger partial charge in [0.2, 0.25) is 11.8 Å². The molecule has 2 amide bonds. The first kappa shape index (κ1) is 34.9. The van der Waals surface area contributed by atoms with E-state index in [9.17, 15) is 9.59 Å². The topological polar surface area (TPSA) is 126 Å². The van der Waals surface area contributed by atoms with Gasteiger partial charge >= 0.3 is 0 Å². The minimum atomic E-state index is -0.546. The second kappa shape index (κ2) is 16.1. The molecule has 13 heteroatoms. The lowest BCUT2D eigenvalue weighted by atomic mass is 9.98. The number of hydrogen-bond donors (Lipinski definition) is 4. The predicted octanol–water partition coefficient (Wildman–Crippen LogP) is 7.15. The molecule has 2 aromatic heterocycles. The number of aromatic nitrogens is 2. The number of hydrogen-bond acceptors (Lipinski definition) is 8. The van der Waals surface area contributed by atoms with E-state index in [1.54, 1.807) is 50.5 Å². The standard InChI is InChI=1S/C33H35Cl3N6O4/c1-6-45-32-19(16-37-4)14-23(34)28(41-32)30(43)39-25-12-8-10-21(18(25)3)22-11-9-13-26(27(22)36)40-31(44)29-24(35)15-20(17-38-5)33(42-29)46-7-2/h8-15,37-38H,6-7,16-17H2,1-5H3,(H,39,43)(H,40,44). The maximum absolute atomic E-state index is 13.4. The van der Waals surface area contributed by atoms with Crippen molar-refractivity contribution in [1.29, 1.82) is 0 Å². The lowest BCUT2D eigenvalue weighted by Crippen LogP contribution is -2.18. The average Bonchev–Trinajstić information content (AvgIpc) is 3.02. The molecule has 2 heterocycles. The number of halogens is 3. The molecule has 10 nitrogen and oxygen atoms in total. The fourth-order valence-electron chi connectivity index (χ4n) is 4.76. The fourth-order valence-corrected chi connectivity index (χ4v) is 5.55. The van der Waals surface area contributed by atoms with Crippen LogP contribution in [0.5, 0.6) is 11.8 Å². The van der Waals surface area contributed by atoms with Gasteiger partial charge in [-0.3, -0.25) is 9.59 Å². The van der Waals surface area contributed by atoms with Gasteiger partial charge in [0.15, 0.2) is 11.4 Å². The number of amides is 2. The Bertz CT molecular complexity index is 1620. The summed E-state index contributed by atoms with van der Waals surface area (Å²) in [7, 11) is 3.59. The van der Waals surface area contributed by atoms with Gasteiger partial charge in [-0.2, -0.15) is 0 Å². The zero-order chi connectivity index (χ0) is 33.4. The predicted molar refractivity (Wildman–Crippen MR) is 184 cm³/mol. The quantitative estimate of drug-likeness (QED) is 0.117. The van der Waals surface area contributed by atoms with Crippen molar-refractivity contribution in [3.05, 3.63) is 91.7 Å². The van der Waals surface area contributed by atoms with Crippen LogP contribution in [0.3, 0.4) is 0 Å². The average molecular weight is 686 g/mol. The van der Waals surface area contributed by atoms with Gasteiger partial charge in [-0.05, 0) is 70.3 Å². The smallest absolute Gasteiger partial charge is 0.276 e. The van der Waals surface area contributed by atoms with E-state index in [1.807, 2.05) is 32.9 Å². The molecule has 0 saturated heterocycles. The summed E-state index contributed by atoms with van der Waals surface area (Å²) >= 11 is 19.8. The normalized spacial score (nSPS) is 10.9. The number of anilines is 2. The Balaban J connectivity index is 1.62. The van der Waals surface area contributed by atoms with Crippen LogP contribution >= 0.6 is 34.8 Å². The number of nitrogens with zero attached hydrogens (tertiary/aromatic N) is 2. The van der Waals surface area contributed by atoms with E-state index in [-0.39, 0.29) is 21.4 Å². The van der Waals surface area contributed by atoms with E-state index < -0.39 is 11.8 Å². The van der Waals surface area contributed by atoms with Crippen molar-refractivity contribution in [3.8, 4) is 22.9 Å². The van der Waals surface area contributed by atoms with Crippen LogP contribution in [0.4, 0.5) is 11.4 Å². The molecule has 0 fully saturated rings. The van der Waals surface area contributed by atoms with Gasteiger partial charge < -0.3 is 30.7 Å². The number of pyridine rings is 2. The van der Waals surface area contributed by atoms with Crippen LogP contribution in [0, 0.1) is 6.92 Å². The summed E-state index contributed by atoms with van der Waals surface area (Å²) in [6.45, 7) is 7.24. The zero-order valence-electron chi connectivity index (χ0n) is 26.1. The van der Waals surface area contributed by atoms with Gasteiger partial charge in [0.05, 0.1) is 34.0 Å². The maximum atomic E-state index is 13.4. The van der Waals surface area contributed by atoms with Crippen molar-refractivity contribution in [2.75, 3.05) is 37.9 Å². The molecule has 0 spiro atoms. The number of carbonyl (C=O) groups is 2. The minimum absolute atomic E-state index is 0.00563. The van der Waals surface area contributed by atoms with E-state index in [4.69, 9.17) is 44.3 Å². The Morgan fingerprint density at radius 1 is 0.717 bits per heavy atom. The van der Waals surface area contributed by atoms with Crippen LogP contribution in [-0.2, 0) is 13.1 Å². The van der Waals surface area contributed by atoms with Crippen molar-refractivity contribution in [1.82, 2.24) is 20.6 Å². The lowest BCUT2D eigenvalue weighted by Gasteiger charge is -2.17. The molecule has 4 rings (SSSR count). The Morgan fingerprint density at radius 3 is 1.65 bits per heavy atom. The van der Waals surface area contributed by atoms with Gasteiger partial charge in [-0.15, -0.1) is 0 Å². The van der Waals surface area contributed by atoms with Crippen LogP contribution in [-0.4, -0.2) is 49.1 Å². The van der Waals surface area contributed by atoms with Gasteiger partial charge in [-0.25, -0.2) is 9.97 Å². The van der Waals surface area contributed by atoms with Crippen LogP contribution in [0.15, 0.2) is 48.5 Å². The number of rotatable bonds is 13. The highest BCUT2D eigenvalue weighted by Crippen LogP contribution is 2.38. The van der Waals surface area contributed by atoms with E-state index in [2.05, 4.69) is 31.2 Å². The third-order valence-electron chi connectivity index (χ3n) is 6.88. The van der Waals surface area contributed by atoms with E-state index in [0.29, 0.717) is 60.0 Å². The number of nitrogens with one attached hydrogen (secondary N) is 4. The molecule has 0 radical (unpaired) electrons.